The Labute approximate surface area is 136 Å². The molecule has 3 nitrogen and oxygen atoms in total. The summed E-state index contributed by atoms with van der Waals surface area (Å²) in [6.07, 6.45) is 1.79. The standard InChI is InChI=1S/C18H21ClN2O/c1-3-13-6-5-7-14(4-2)18(13)21-17(22)12-20-16-10-8-15(19)9-11-16/h5-11,20H,3-4,12H2,1-2H3,(H,21,22). The molecule has 1 amide bonds. The van der Waals surface area contributed by atoms with E-state index in [4.69, 9.17) is 11.6 Å². The second-order valence-corrected chi connectivity index (χ2v) is 5.50. The Morgan fingerprint density at radius 1 is 1.00 bits per heavy atom. The lowest BCUT2D eigenvalue weighted by Gasteiger charge is -2.15. The molecular weight excluding hydrogens is 296 g/mol. The summed E-state index contributed by atoms with van der Waals surface area (Å²) in [5.41, 5.74) is 4.16. The topological polar surface area (TPSA) is 41.1 Å². The zero-order valence-corrected chi connectivity index (χ0v) is 13.7. The number of hydrogen-bond acceptors (Lipinski definition) is 2. The van der Waals surface area contributed by atoms with E-state index in [1.807, 2.05) is 18.2 Å². The summed E-state index contributed by atoms with van der Waals surface area (Å²) in [6.45, 7) is 4.41. The maximum Gasteiger partial charge on any atom is 0.243 e. The molecule has 2 aromatic rings. The zero-order chi connectivity index (χ0) is 15.9. The molecule has 0 saturated heterocycles. The van der Waals surface area contributed by atoms with Crippen molar-refractivity contribution in [3.63, 3.8) is 0 Å². The van der Waals surface area contributed by atoms with Crippen LogP contribution in [-0.2, 0) is 17.6 Å². The molecule has 2 N–H and O–H groups in total. The number of para-hydroxylation sites is 1. The SMILES string of the molecule is CCc1cccc(CC)c1NC(=O)CNc1ccc(Cl)cc1. The second-order valence-electron chi connectivity index (χ2n) is 5.07. The van der Waals surface area contributed by atoms with Crippen LogP contribution in [0.15, 0.2) is 42.5 Å². The predicted molar refractivity (Wildman–Crippen MR) is 93.8 cm³/mol. The fourth-order valence-corrected chi connectivity index (χ4v) is 2.46. The quantitative estimate of drug-likeness (QED) is 0.823. The molecule has 0 radical (unpaired) electrons. The van der Waals surface area contributed by atoms with E-state index in [2.05, 4.69) is 36.6 Å². The number of benzene rings is 2. The number of aryl methyl sites for hydroxylation is 2. The molecule has 0 atom stereocenters. The number of rotatable bonds is 6. The van der Waals surface area contributed by atoms with Crippen LogP contribution in [0, 0.1) is 0 Å². The molecule has 116 valence electrons. The predicted octanol–water partition coefficient (Wildman–Crippen LogP) is 4.52. The van der Waals surface area contributed by atoms with Crippen LogP contribution in [0.25, 0.3) is 0 Å². The van der Waals surface area contributed by atoms with Gasteiger partial charge in [0.1, 0.15) is 0 Å². The molecule has 0 aliphatic carbocycles. The smallest absolute Gasteiger partial charge is 0.243 e. The van der Waals surface area contributed by atoms with Gasteiger partial charge in [0.05, 0.1) is 6.54 Å². The molecule has 2 rings (SSSR count). The van der Waals surface area contributed by atoms with E-state index in [-0.39, 0.29) is 12.5 Å². The van der Waals surface area contributed by atoms with E-state index in [1.165, 1.54) is 11.1 Å². The molecular formula is C18H21ClN2O. The average molecular weight is 317 g/mol. The third kappa shape index (κ3) is 4.25. The summed E-state index contributed by atoms with van der Waals surface area (Å²) in [5.74, 6) is -0.0504. The van der Waals surface area contributed by atoms with Crippen LogP contribution >= 0.6 is 11.6 Å². The van der Waals surface area contributed by atoms with E-state index in [1.54, 1.807) is 12.1 Å². The first-order valence-electron chi connectivity index (χ1n) is 7.54. The van der Waals surface area contributed by atoms with Gasteiger partial charge in [-0.15, -0.1) is 0 Å². The van der Waals surface area contributed by atoms with Gasteiger partial charge in [-0.1, -0.05) is 43.6 Å². The van der Waals surface area contributed by atoms with Gasteiger partial charge in [0.15, 0.2) is 0 Å². The van der Waals surface area contributed by atoms with Crippen molar-refractivity contribution in [2.75, 3.05) is 17.2 Å². The molecule has 0 fully saturated rings. The second kappa shape index (κ2) is 7.85. The molecule has 0 unspecified atom stereocenters. The van der Waals surface area contributed by atoms with Gasteiger partial charge in [0.2, 0.25) is 5.91 Å². The van der Waals surface area contributed by atoms with Gasteiger partial charge >= 0.3 is 0 Å². The van der Waals surface area contributed by atoms with E-state index in [0.717, 1.165) is 24.2 Å². The average Bonchev–Trinajstić information content (AvgIpc) is 2.54. The molecule has 0 aromatic heterocycles. The third-order valence-electron chi connectivity index (χ3n) is 3.56. The van der Waals surface area contributed by atoms with Gasteiger partial charge in [-0.25, -0.2) is 0 Å². The highest BCUT2D eigenvalue weighted by molar-refractivity contribution is 6.30. The Balaban J connectivity index is 2.01. The highest BCUT2D eigenvalue weighted by atomic mass is 35.5. The molecule has 0 heterocycles. The summed E-state index contributed by atoms with van der Waals surface area (Å²) in [6, 6.07) is 13.5. The van der Waals surface area contributed by atoms with Crippen molar-refractivity contribution < 1.29 is 4.79 Å². The third-order valence-corrected chi connectivity index (χ3v) is 3.81. The lowest BCUT2D eigenvalue weighted by molar-refractivity contribution is -0.114. The van der Waals surface area contributed by atoms with Gasteiger partial charge in [-0.2, -0.15) is 0 Å². The zero-order valence-electron chi connectivity index (χ0n) is 12.9. The van der Waals surface area contributed by atoms with Crippen LogP contribution in [-0.4, -0.2) is 12.5 Å². The maximum absolute atomic E-state index is 12.2. The number of hydrogen-bond donors (Lipinski definition) is 2. The number of amides is 1. The number of nitrogens with one attached hydrogen (secondary N) is 2. The van der Waals surface area contributed by atoms with Crippen molar-refractivity contribution in [2.24, 2.45) is 0 Å². The Bertz CT molecular complexity index is 616. The number of carbonyl (C=O) groups excluding carboxylic acids is 1. The first-order chi connectivity index (χ1) is 10.6. The summed E-state index contributed by atoms with van der Waals surface area (Å²) < 4.78 is 0. The summed E-state index contributed by atoms with van der Waals surface area (Å²) in [4.78, 5) is 12.2. The van der Waals surface area contributed by atoms with Gasteiger partial charge in [-0.3, -0.25) is 4.79 Å². The minimum atomic E-state index is -0.0504. The van der Waals surface area contributed by atoms with Crippen LogP contribution in [0.1, 0.15) is 25.0 Å². The number of anilines is 2. The molecule has 0 bridgehead atoms. The first-order valence-corrected chi connectivity index (χ1v) is 7.91. The van der Waals surface area contributed by atoms with Gasteiger partial charge in [0.25, 0.3) is 0 Å². The van der Waals surface area contributed by atoms with Crippen LogP contribution in [0.2, 0.25) is 5.02 Å². The highest BCUT2D eigenvalue weighted by Crippen LogP contribution is 2.22. The van der Waals surface area contributed by atoms with Crippen LogP contribution in [0.5, 0.6) is 0 Å². The van der Waals surface area contributed by atoms with E-state index >= 15 is 0 Å². The van der Waals surface area contributed by atoms with Gasteiger partial charge in [-0.05, 0) is 48.2 Å². The molecule has 0 aliphatic heterocycles. The van der Waals surface area contributed by atoms with Crippen molar-refractivity contribution in [1.29, 1.82) is 0 Å². The lowest BCUT2D eigenvalue weighted by Crippen LogP contribution is -2.23. The minimum absolute atomic E-state index is 0.0504. The number of halogens is 1. The Hall–Kier alpha value is -2.00. The van der Waals surface area contributed by atoms with Gasteiger partial charge < -0.3 is 10.6 Å². The van der Waals surface area contributed by atoms with Gasteiger partial charge in [0, 0.05) is 16.4 Å². The van der Waals surface area contributed by atoms with Crippen molar-refractivity contribution in [3.05, 3.63) is 58.6 Å². The van der Waals surface area contributed by atoms with E-state index in [0.29, 0.717) is 5.02 Å². The Morgan fingerprint density at radius 3 is 2.14 bits per heavy atom. The van der Waals surface area contributed by atoms with E-state index < -0.39 is 0 Å². The summed E-state index contributed by atoms with van der Waals surface area (Å²) in [7, 11) is 0. The van der Waals surface area contributed by atoms with Crippen LogP contribution < -0.4 is 10.6 Å². The van der Waals surface area contributed by atoms with Crippen molar-refractivity contribution in [2.45, 2.75) is 26.7 Å². The highest BCUT2D eigenvalue weighted by Gasteiger charge is 2.09. The molecule has 4 heteroatoms. The van der Waals surface area contributed by atoms with Crippen LogP contribution in [0.3, 0.4) is 0 Å². The largest absolute Gasteiger partial charge is 0.376 e. The Morgan fingerprint density at radius 2 is 1.59 bits per heavy atom. The summed E-state index contributed by atoms with van der Waals surface area (Å²) >= 11 is 5.84. The van der Waals surface area contributed by atoms with E-state index in [9.17, 15) is 4.79 Å². The minimum Gasteiger partial charge on any atom is -0.376 e. The fraction of sp³-hybridized carbons (Fsp3) is 0.278. The van der Waals surface area contributed by atoms with Crippen molar-refractivity contribution >= 4 is 28.9 Å². The molecule has 0 saturated carbocycles. The monoisotopic (exact) mass is 316 g/mol. The molecule has 0 aliphatic rings. The molecule has 0 spiro atoms. The normalized spacial score (nSPS) is 10.3. The lowest BCUT2D eigenvalue weighted by atomic mass is 10.0. The summed E-state index contributed by atoms with van der Waals surface area (Å²) in [5, 5.41) is 6.81. The maximum atomic E-state index is 12.2. The first kappa shape index (κ1) is 16.4. The molecule has 22 heavy (non-hydrogen) atoms. The molecule has 2 aromatic carbocycles. The van der Waals surface area contributed by atoms with Crippen molar-refractivity contribution in [3.8, 4) is 0 Å². The number of carbonyl (C=O) groups is 1. The fourth-order valence-electron chi connectivity index (χ4n) is 2.34. The Kier molecular flexibility index (Phi) is 5.84. The van der Waals surface area contributed by atoms with Crippen molar-refractivity contribution in [1.82, 2.24) is 0 Å². The van der Waals surface area contributed by atoms with Crippen LogP contribution in [0.4, 0.5) is 11.4 Å².